The monoisotopic (exact) mass is 353 g/mol. The minimum atomic E-state index is -0.105. The van der Waals surface area contributed by atoms with Gasteiger partial charge in [-0.15, -0.1) is 0 Å². The number of hydrogen-bond donors (Lipinski definition) is 1. The fraction of sp³-hybridized carbons (Fsp3) is 0.368. The van der Waals surface area contributed by atoms with Crippen molar-refractivity contribution in [2.75, 3.05) is 31.5 Å². The molecule has 1 aromatic carbocycles. The van der Waals surface area contributed by atoms with Crippen LogP contribution < -0.4 is 5.32 Å². The van der Waals surface area contributed by atoms with E-state index in [1.807, 2.05) is 26.0 Å². The average molecular weight is 353 g/mol. The zero-order chi connectivity index (χ0) is 18.7. The zero-order valence-corrected chi connectivity index (χ0v) is 15.3. The molecule has 2 aromatic rings. The first-order valence-corrected chi connectivity index (χ1v) is 8.65. The molecule has 0 spiro atoms. The summed E-state index contributed by atoms with van der Waals surface area (Å²) in [6, 6.07) is 6.09. The van der Waals surface area contributed by atoms with Crippen molar-refractivity contribution in [1.29, 1.82) is 0 Å². The quantitative estimate of drug-likeness (QED) is 0.915. The van der Waals surface area contributed by atoms with Gasteiger partial charge < -0.3 is 15.1 Å². The highest BCUT2D eigenvalue weighted by atomic mass is 16.2. The molecule has 0 unspecified atom stereocenters. The van der Waals surface area contributed by atoms with E-state index in [9.17, 15) is 9.59 Å². The van der Waals surface area contributed by atoms with Gasteiger partial charge in [-0.05, 0) is 25.5 Å². The van der Waals surface area contributed by atoms with Crippen LogP contribution >= 0.6 is 0 Å². The van der Waals surface area contributed by atoms with Gasteiger partial charge in [0.15, 0.2) is 0 Å². The van der Waals surface area contributed by atoms with E-state index in [1.165, 1.54) is 5.56 Å². The van der Waals surface area contributed by atoms with Crippen molar-refractivity contribution < 1.29 is 9.59 Å². The molecule has 0 bridgehead atoms. The minimum absolute atomic E-state index is 0.0438. The zero-order valence-electron chi connectivity index (χ0n) is 15.3. The number of hydrogen-bond acceptors (Lipinski definition) is 5. The van der Waals surface area contributed by atoms with Gasteiger partial charge in [-0.2, -0.15) is 0 Å². The lowest BCUT2D eigenvalue weighted by molar-refractivity contribution is -0.130. The van der Waals surface area contributed by atoms with Crippen LogP contribution in [-0.4, -0.2) is 57.8 Å². The number of amides is 2. The van der Waals surface area contributed by atoms with E-state index in [1.54, 1.807) is 29.1 Å². The predicted octanol–water partition coefficient (Wildman–Crippen LogP) is 2.14. The van der Waals surface area contributed by atoms with E-state index in [0.717, 1.165) is 11.3 Å². The first kappa shape index (κ1) is 17.8. The number of carbonyl (C=O) groups excluding carboxylic acids is 2. The summed E-state index contributed by atoms with van der Waals surface area (Å²) in [4.78, 5) is 35.9. The van der Waals surface area contributed by atoms with E-state index < -0.39 is 0 Å². The molecule has 7 heteroatoms. The van der Waals surface area contributed by atoms with Crippen molar-refractivity contribution in [3.05, 3.63) is 47.3 Å². The standard InChI is InChI=1S/C19H23N5O2/c1-13-4-5-17(14(2)10-13)22-19-20-11-16(12-21-19)18(26)24-8-6-23(7-9-24)15(3)25/h4-5,10-12H,6-9H2,1-3H3,(H,20,21,22). The van der Waals surface area contributed by atoms with Gasteiger partial charge in [0, 0.05) is 51.2 Å². The Hall–Kier alpha value is -2.96. The highest BCUT2D eigenvalue weighted by Crippen LogP contribution is 2.19. The molecule has 0 radical (unpaired) electrons. The first-order valence-electron chi connectivity index (χ1n) is 8.65. The molecule has 0 aliphatic carbocycles. The van der Waals surface area contributed by atoms with Gasteiger partial charge >= 0.3 is 0 Å². The van der Waals surface area contributed by atoms with Gasteiger partial charge in [-0.1, -0.05) is 17.7 Å². The molecule has 1 saturated heterocycles. The molecule has 7 nitrogen and oxygen atoms in total. The Bertz CT molecular complexity index is 811. The number of carbonyl (C=O) groups is 2. The van der Waals surface area contributed by atoms with Crippen LogP contribution in [0.5, 0.6) is 0 Å². The third-order valence-electron chi connectivity index (χ3n) is 4.54. The summed E-state index contributed by atoms with van der Waals surface area (Å²) in [6.07, 6.45) is 3.08. The normalized spacial score (nSPS) is 14.3. The summed E-state index contributed by atoms with van der Waals surface area (Å²) in [5.41, 5.74) is 3.69. The highest BCUT2D eigenvalue weighted by Gasteiger charge is 2.23. The molecule has 2 heterocycles. The van der Waals surface area contributed by atoms with Gasteiger partial charge in [-0.3, -0.25) is 9.59 Å². The lowest BCUT2D eigenvalue weighted by Gasteiger charge is -2.34. The van der Waals surface area contributed by atoms with E-state index in [2.05, 4.69) is 21.4 Å². The second-order valence-corrected chi connectivity index (χ2v) is 6.54. The summed E-state index contributed by atoms with van der Waals surface area (Å²) in [6.45, 7) is 7.80. The van der Waals surface area contributed by atoms with Crippen molar-refractivity contribution in [1.82, 2.24) is 19.8 Å². The number of anilines is 2. The molecule has 1 aliphatic rings. The van der Waals surface area contributed by atoms with Gasteiger partial charge in [0.2, 0.25) is 11.9 Å². The molecule has 3 rings (SSSR count). The molecule has 1 aromatic heterocycles. The number of nitrogens with one attached hydrogen (secondary N) is 1. The molecular weight excluding hydrogens is 330 g/mol. The molecule has 2 amide bonds. The van der Waals surface area contributed by atoms with E-state index in [4.69, 9.17) is 0 Å². The molecule has 1 N–H and O–H groups in total. The molecule has 0 atom stereocenters. The molecule has 1 aliphatic heterocycles. The van der Waals surface area contributed by atoms with Crippen molar-refractivity contribution >= 4 is 23.5 Å². The predicted molar refractivity (Wildman–Crippen MR) is 99.4 cm³/mol. The van der Waals surface area contributed by atoms with Crippen molar-refractivity contribution in [2.45, 2.75) is 20.8 Å². The second kappa shape index (κ2) is 7.51. The maximum absolute atomic E-state index is 12.6. The maximum atomic E-state index is 12.6. The van der Waals surface area contributed by atoms with Crippen LogP contribution in [0.4, 0.5) is 11.6 Å². The number of aryl methyl sites for hydroxylation is 2. The Labute approximate surface area is 153 Å². The Morgan fingerprint density at radius 3 is 2.19 bits per heavy atom. The SMILES string of the molecule is CC(=O)N1CCN(C(=O)c2cnc(Nc3ccc(C)cc3C)nc2)CC1. The minimum Gasteiger partial charge on any atom is -0.339 e. The molecular formula is C19H23N5O2. The summed E-state index contributed by atoms with van der Waals surface area (Å²) < 4.78 is 0. The van der Waals surface area contributed by atoms with E-state index in [-0.39, 0.29) is 11.8 Å². The summed E-state index contributed by atoms with van der Waals surface area (Å²) >= 11 is 0. The van der Waals surface area contributed by atoms with Gasteiger partial charge in [0.05, 0.1) is 5.56 Å². The smallest absolute Gasteiger partial charge is 0.257 e. The molecule has 26 heavy (non-hydrogen) atoms. The lowest BCUT2D eigenvalue weighted by Crippen LogP contribution is -2.50. The first-order chi connectivity index (χ1) is 12.4. The molecule has 1 fully saturated rings. The lowest BCUT2D eigenvalue weighted by atomic mass is 10.1. The van der Waals surface area contributed by atoms with Crippen LogP contribution in [0.3, 0.4) is 0 Å². The van der Waals surface area contributed by atoms with Crippen molar-refractivity contribution in [3.8, 4) is 0 Å². The van der Waals surface area contributed by atoms with Gasteiger partial charge in [0.1, 0.15) is 0 Å². The van der Waals surface area contributed by atoms with E-state index >= 15 is 0 Å². The number of nitrogens with zero attached hydrogens (tertiary/aromatic N) is 4. The van der Waals surface area contributed by atoms with Crippen LogP contribution in [0.2, 0.25) is 0 Å². The van der Waals surface area contributed by atoms with Gasteiger partial charge in [-0.25, -0.2) is 9.97 Å². The van der Waals surface area contributed by atoms with Gasteiger partial charge in [0.25, 0.3) is 5.91 Å². The molecule has 0 saturated carbocycles. The van der Waals surface area contributed by atoms with Crippen LogP contribution in [0, 0.1) is 13.8 Å². The second-order valence-electron chi connectivity index (χ2n) is 6.54. The number of rotatable bonds is 3. The Morgan fingerprint density at radius 1 is 1.00 bits per heavy atom. The Kier molecular flexibility index (Phi) is 5.16. The average Bonchev–Trinajstić information content (AvgIpc) is 2.64. The van der Waals surface area contributed by atoms with E-state index in [0.29, 0.717) is 37.7 Å². The number of aromatic nitrogens is 2. The summed E-state index contributed by atoms with van der Waals surface area (Å²) in [5, 5.41) is 3.17. The van der Waals surface area contributed by atoms with Crippen LogP contribution in [-0.2, 0) is 4.79 Å². The fourth-order valence-electron chi connectivity index (χ4n) is 2.98. The maximum Gasteiger partial charge on any atom is 0.257 e. The molecule has 136 valence electrons. The van der Waals surface area contributed by atoms with Crippen molar-refractivity contribution in [2.24, 2.45) is 0 Å². The summed E-state index contributed by atoms with van der Waals surface area (Å²) in [7, 11) is 0. The van der Waals surface area contributed by atoms with Crippen LogP contribution in [0.1, 0.15) is 28.4 Å². The Balaban J connectivity index is 1.64. The number of piperazine rings is 1. The third-order valence-corrected chi connectivity index (χ3v) is 4.54. The fourth-order valence-corrected chi connectivity index (χ4v) is 2.98. The van der Waals surface area contributed by atoms with Crippen molar-refractivity contribution in [3.63, 3.8) is 0 Å². The topological polar surface area (TPSA) is 78.4 Å². The number of benzene rings is 1. The van der Waals surface area contributed by atoms with Crippen LogP contribution in [0.25, 0.3) is 0 Å². The van der Waals surface area contributed by atoms with Crippen LogP contribution in [0.15, 0.2) is 30.6 Å². The summed E-state index contributed by atoms with van der Waals surface area (Å²) in [5.74, 6) is 0.392. The third kappa shape index (κ3) is 3.99. The highest BCUT2D eigenvalue weighted by molar-refractivity contribution is 5.94. The largest absolute Gasteiger partial charge is 0.339 e. The Morgan fingerprint density at radius 2 is 1.62 bits per heavy atom.